The Morgan fingerprint density at radius 1 is 1.47 bits per heavy atom. The summed E-state index contributed by atoms with van der Waals surface area (Å²) in [6.45, 7) is 5.39. The number of hydrogen-bond acceptors (Lipinski definition) is 3. The second kappa shape index (κ2) is 5.48. The van der Waals surface area contributed by atoms with Crippen LogP contribution in [0.25, 0.3) is 0 Å². The Labute approximate surface area is 91.1 Å². The van der Waals surface area contributed by atoms with Crippen molar-refractivity contribution in [3.05, 3.63) is 36.9 Å². The molecule has 15 heavy (non-hydrogen) atoms. The van der Waals surface area contributed by atoms with Crippen LogP contribution in [0.3, 0.4) is 0 Å². The molecule has 0 aliphatic rings. The van der Waals surface area contributed by atoms with Gasteiger partial charge in [0, 0.05) is 18.4 Å². The van der Waals surface area contributed by atoms with Crippen LogP contribution in [-0.2, 0) is 9.22 Å². The van der Waals surface area contributed by atoms with Crippen LogP contribution >= 0.6 is 0 Å². The lowest BCUT2D eigenvalue weighted by atomic mass is 10.3. The molecular weight excluding hydrogens is 208 g/mol. The predicted molar refractivity (Wildman–Crippen MR) is 61.9 cm³/mol. The van der Waals surface area contributed by atoms with E-state index in [2.05, 4.69) is 6.58 Å². The first kappa shape index (κ1) is 11.7. The number of carbonyl (C=O) groups excluding carboxylic acids is 1. The molecule has 1 atom stereocenters. The summed E-state index contributed by atoms with van der Waals surface area (Å²) in [7, 11) is 0.209. The smallest absolute Gasteiger partial charge is 0.335 e. The molecule has 0 spiro atoms. The van der Waals surface area contributed by atoms with Gasteiger partial charge in [-0.1, -0.05) is 24.8 Å². The van der Waals surface area contributed by atoms with Crippen LogP contribution in [0.4, 0.5) is 0 Å². The molecule has 1 rings (SSSR count). The first-order valence-electron chi connectivity index (χ1n) is 4.65. The number of benzene rings is 1. The number of hydrogen-bond donors (Lipinski definition) is 0. The van der Waals surface area contributed by atoms with E-state index in [0.717, 1.165) is 11.3 Å². The molecule has 1 aromatic rings. The number of esters is 1. The van der Waals surface area contributed by atoms with Gasteiger partial charge in [0.25, 0.3) is 0 Å². The fourth-order valence-corrected chi connectivity index (χ4v) is 2.38. The monoisotopic (exact) mass is 222 g/mol. The zero-order valence-corrected chi connectivity index (χ0v) is 10.1. The third kappa shape index (κ3) is 3.04. The summed E-state index contributed by atoms with van der Waals surface area (Å²) < 4.78 is 10.4. The summed E-state index contributed by atoms with van der Waals surface area (Å²) in [5.41, 5.74) is 0. The van der Waals surface area contributed by atoms with Gasteiger partial charge in [-0.2, -0.15) is 0 Å². The quantitative estimate of drug-likeness (QED) is 0.330. The highest BCUT2D eigenvalue weighted by Gasteiger charge is 2.13. The van der Waals surface area contributed by atoms with Gasteiger partial charge >= 0.3 is 5.97 Å². The van der Waals surface area contributed by atoms with Crippen LogP contribution in [0, 0.1) is 0 Å². The molecule has 0 N–H and O–H groups in total. The van der Waals surface area contributed by atoms with Crippen molar-refractivity contribution >= 4 is 20.2 Å². The van der Waals surface area contributed by atoms with Gasteiger partial charge in [0.2, 0.25) is 9.04 Å². The number of rotatable bonds is 4. The van der Waals surface area contributed by atoms with Crippen molar-refractivity contribution in [1.82, 2.24) is 0 Å². The Morgan fingerprint density at radius 2 is 2.13 bits per heavy atom. The van der Waals surface area contributed by atoms with E-state index in [0.29, 0.717) is 5.75 Å². The summed E-state index contributed by atoms with van der Waals surface area (Å²) in [6.07, 6.45) is 1.15. The third-order valence-corrected chi connectivity index (χ3v) is 4.15. The molecule has 1 unspecified atom stereocenters. The summed E-state index contributed by atoms with van der Waals surface area (Å²) in [4.78, 5) is 11.1. The summed E-state index contributed by atoms with van der Waals surface area (Å²) >= 11 is 0. The number of ether oxygens (including phenoxy) is 1. The normalized spacial score (nSPS) is 11.9. The molecule has 0 aliphatic carbocycles. The Kier molecular flexibility index (Phi) is 4.27. The second-order valence-electron chi connectivity index (χ2n) is 3.04. The van der Waals surface area contributed by atoms with Crippen molar-refractivity contribution in [2.45, 2.75) is 6.55 Å². The maximum absolute atomic E-state index is 11.1. The van der Waals surface area contributed by atoms with E-state index in [1.54, 1.807) is 13.2 Å². The minimum atomic E-state index is -1.46. The molecule has 4 heteroatoms. The Bertz CT molecular complexity index is 363. The zero-order chi connectivity index (χ0) is 11.3. The van der Waals surface area contributed by atoms with Gasteiger partial charge in [0.1, 0.15) is 5.75 Å². The fraction of sp³-hybridized carbons (Fsp3) is 0.182. The lowest BCUT2D eigenvalue weighted by Gasteiger charge is -2.12. The Balaban J connectivity index is 2.95. The second-order valence-corrected chi connectivity index (χ2v) is 5.42. The summed E-state index contributed by atoms with van der Waals surface area (Å²) in [5.74, 6) is 0.128. The van der Waals surface area contributed by atoms with Gasteiger partial charge < -0.3 is 9.16 Å². The topological polar surface area (TPSA) is 35.5 Å². The molecule has 3 nitrogen and oxygen atoms in total. The van der Waals surface area contributed by atoms with Gasteiger partial charge in [-0.05, 0) is 12.6 Å². The number of para-hydroxylation sites is 1. The highest BCUT2D eigenvalue weighted by atomic mass is 28.3. The van der Waals surface area contributed by atoms with Crippen molar-refractivity contribution in [2.24, 2.45) is 0 Å². The maximum atomic E-state index is 11.1. The van der Waals surface area contributed by atoms with Crippen LogP contribution in [-0.4, -0.2) is 22.1 Å². The summed E-state index contributed by atoms with van der Waals surface area (Å²) in [6, 6.07) is 7.42. The third-order valence-electron chi connectivity index (χ3n) is 2.09. The van der Waals surface area contributed by atoms with E-state index in [9.17, 15) is 4.79 Å². The highest BCUT2D eigenvalue weighted by Crippen LogP contribution is 2.08. The molecule has 0 saturated carbocycles. The van der Waals surface area contributed by atoms with Gasteiger partial charge in [-0.25, -0.2) is 4.79 Å². The van der Waals surface area contributed by atoms with Gasteiger partial charge in [-0.15, -0.1) is 0 Å². The first-order valence-corrected chi connectivity index (χ1v) is 6.85. The highest BCUT2D eigenvalue weighted by molar-refractivity contribution is 6.67. The molecule has 1 aromatic carbocycles. The maximum Gasteiger partial charge on any atom is 0.335 e. The molecule has 0 fully saturated rings. The molecule has 0 radical (unpaired) electrons. The molecule has 0 bridgehead atoms. The molecular formula is C11H14O3Si. The predicted octanol–water partition coefficient (Wildman–Crippen LogP) is 0.985. The lowest BCUT2D eigenvalue weighted by molar-refractivity contribution is -0.128. The van der Waals surface area contributed by atoms with Crippen molar-refractivity contribution in [1.29, 1.82) is 0 Å². The Morgan fingerprint density at radius 3 is 2.73 bits per heavy atom. The van der Waals surface area contributed by atoms with E-state index >= 15 is 0 Å². The molecule has 80 valence electrons. The van der Waals surface area contributed by atoms with Crippen LogP contribution in [0.2, 0.25) is 6.55 Å². The molecule has 0 aromatic heterocycles. The van der Waals surface area contributed by atoms with Crippen molar-refractivity contribution in [3.8, 4) is 5.75 Å². The van der Waals surface area contributed by atoms with Crippen LogP contribution in [0.1, 0.15) is 0 Å². The summed E-state index contributed by atoms with van der Waals surface area (Å²) in [5, 5.41) is 0.982. The van der Waals surface area contributed by atoms with Gasteiger partial charge in [0.15, 0.2) is 0 Å². The van der Waals surface area contributed by atoms with E-state index in [4.69, 9.17) is 9.16 Å². The average Bonchev–Trinajstić information content (AvgIpc) is 2.28. The lowest BCUT2D eigenvalue weighted by Crippen LogP contribution is -2.31. The van der Waals surface area contributed by atoms with E-state index in [1.165, 1.54) is 0 Å². The molecule has 0 aliphatic heterocycles. The standard InChI is InChI=1S/C11H14O3Si/c1-4-11(12)14-9-7-5-6-8-10(9)15(3)13-2/h4-8,15H,1H2,2-3H3. The van der Waals surface area contributed by atoms with Crippen LogP contribution < -0.4 is 9.92 Å². The number of carbonyl (C=O) groups is 1. The minimum absolute atomic E-state index is 0.445. The average molecular weight is 222 g/mol. The van der Waals surface area contributed by atoms with Gasteiger partial charge in [-0.3, -0.25) is 0 Å². The van der Waals surface area contributed by atoms with Crippen molar-refractivity contribution in [3.63, 3.8) is 0 Å². The molecule has 0 saturated heterocycles. The van der Waals surface area contributed by atoms with E-state index < -0.39 is 15.0 Å². The van der Waals surface area contributed by atoms with E-state index in [1.807, 2.05) is 24.7 Å². The largest absolute Gasteiger partial charge is 0.423 e. The fourth-order valence-electron chi connectivity index (χ4n) is 1.19. The molecule has 0 heterocycles. The minimum Gasteiger partial charge on any atom is -0.423 e. The van der Waals surface area contributed by atoms with E-state index in [-0.39, 0.29) is 0 Å². The Hall–Kier alpha value is -1.39. The van der Waals surface area contributed by atoms with Crippen LogP contribution in [0.5, 0.6) is 5.75 Å². The van der Waals surface area contributed by atoms with Crippen LogP contribution in [0.15, 0.2) is 36.9 Å². The zero-order valence-electron chi connectivity index (χ0n) is 8.90. The van der Waals surface area contributed by atoms with Crippen molar-refractivity contribution in [2.75, 3.05) is 7.11 Å². The molecule has 0 amide bonds. The van der Waals surface area contributed by atoms with Gasteiger partial charge in [0.05, 0.1) is 0 Å². The van der Waals surface area contributed by atoms with Crippen molar-refractivity contribution < 1.29 is 14.0 Å². The SMILES string of the molecule is C=CC(=O)Oc1ccccc1[SiH](C)OC. The first-order chi connectivity index (χ1) is 7.19.